The largest absolute Gasteiger partial charge is 0.336 e. The SMILES string of the molecule is CCCn1c(=O)c2[nH]c(C3CC4CCC3C4)nc2n(CCC)c1=O. The summed E-state index contributed by atoms with van der Waals surface area (Å²) in [6.45, 7) is 5.07. The first-order valence-electron chi connectivity index (χ1n) is 9.37. The normalized spacial score (nSPS) is 25.8. The molecule has 2 aliphatic rings. The van der Waals surface area contributed by atoms with Crippen molar-refractivity contribution in [2.24, 2.45) is 11.8 Å². The topological polar surface area (TPSA) is 72.7 Å². The summed E-state index contributed by atoms with van der Waals surface area (Å²) in [6, 6.07) is 0. The number of aromatic amines is 1. The number of hydrogen-bond donors (Lipinski definition) is 1. The number of nitrogens with one attached hydrogen (secondary N) is 1. The van der Waals surface area contributed by atoms with Gasteiger partial charge in [0.2, 0.25) is 0 Å². The van der Waals surface area contributed by atoms with E-state index in [9.17, 15) is 9.59 Å². The maximum absolute atomic E-state index is 12.8. The van der Waals surface area contributed by atoms with Crippen LogP contribution < -0.4 is 11.2 Å². The number of fused-ring (bicyclic) bond motifs is 3. The zero-order valence-electron chi connectivity index (χ0n) is 14.5. The van der Waals surface area contributed by atoms with E-state index in [0.717, 1.165) is 24.6 Å². The van der Waals surface area contributed by atoms with Gasteiger partial charge in [0.05, 0.1) is 0 Å². The molecule has 2 heterocycles. The van der Waals surface area contributed by atoms with Crippen LogP contribution in [0.3, 0.4) is 0 Å². The highest BCUT2D eigenvalue weighted by molar-refractivity contribution is 5.70. The van der Waals surface area contributed by atoms with Crippen molar-refractivity contribution < 1.29 is 0 Å². The van der Waals surface area contributed by atoms with Gasteiger partial charge in [-0.1, -0.05) is 20.3 Å². The molecule has 3 unspecified atom stereocenters. The lowest BCUT2D eigenvalue weighted by Crippen LogP contribution is -2.40. The second-order valence-corrected chi connectivity index (χ2v) is 7.49. The highest BCUT2D eigenvalue weighted by Gasteiger charge is 2.41. The molecule has 2 aromatic rings. The molecule has 6 nitrogen and oxygen atoms in total. The predicted molar refractivity (Wildman–Crippen MR) is 93.4 cm³/mol. The zero-order valence-corrected chi connectivity index (χ0v) is 14.5. The van der Waals surface area contributed by atoms with Gasteiger partial charge in [0, 0.05) is 19.0 Å². The first-order chi connectivity index (χ1) is 11.6. The lowest BCUT2D eigenvalue weighted by molar-refractivity contribution is 0.408. The molecule has 2 fully saturated rings. The smallest absolute Gasteiger partial charge is 0.332 e. The summed E-state index contributed by atoms with van der Waals surface area (Å²) in [5.41, 5.74) is 0.625. The van der Waals surface area contributed by atoms with Crippen molar-refractivity contribution >= 4 is 11.2 Å². The summed E-state index contributed by atoms with van der Waals surface area (Å²) in [7, 11) is 0. The van der Waals surface area contributed by atoms with E-state index in [1.807, 2.05) is 13.8 Å². The standard InChI is InChI=1S/C18H26N4O2/c1-3-7-21-16-14(17(23)22(8-4-2)18(21)24)19-15(20-16)13-10-11-5-6-12(13)9-11/h11-13H,3-10H2,1-2H3,(H,19,20). The minimum absolute atomic E-state index is 0.217. The fourth-order valence-electron chi connectivity index (χ4n) is 4.79. The number of H-pyrrole nitrogens is 1. The van der Waals surface area contributed by atoms with Gasteiger partial charge in [0.25, 0.3) is 5.56 Å². The monoisotopic (exact) mass is 330 g/mol. The Bertz CT molecular complexity index is 875. The number of imidazole rings is 1. The molecule has 0 saturated heterocycles. The third kappa shape index (κ3) is 2.26. The van der Waals surface area contributed by atoms with E-state index >= 15 is 0 Å². The predicted octanol–water partition coefficient (Wildman–Crippen LogP) is 2.61. The second kappa shape index (κ2) is 5.90. The van der Waals surface area contributed by atoms with Gasteiger partial charge < -0.3 is 4.98 Å². The number of aryl methyl sites for hydroxylation is 1. The molecule has 1 N–H and O–H groups in total. The summed E-state index contributed by atoms with van der Waals surface area (Å²) in [6.07, 6.45) is 6.68. The third-order valence-corrected chi connectivity index (χ3v) is 5.86. The van der Waals surface area contributed by atoms with Gasteiger partial charge >= 0.3 is 5.69 Å². The van der Waals surface area contributed by atoms with Crippen molar-refractivity contribution in [3.63, 3.8) is 0 Å². The van der Waals surface area contributed by atoms with Crippen LogP contribution in [0.25, 0.3) is 11.2 Å². The Morgan fingerprint density at radius 3 is 2.46 bits per heavy atom. The molecule has 4 rings (SSSR count). The van der Waals surface area contributed by atoms with Crippen LogP contribution in [-0.2, 0) is 13.1 Å². The molecule has 24 heavy (non-hydrogen) atoms. The average Bonchev–Trinajstić information content (AvgIpc) is 3.29. The van der Waals surface area contributed by atoms with E-state index in [1.54, 1.807) is 4.57 Å². The minimum Gasteiger partial charge on any atom is -0.336 e. The van der Waals surface area contributed by atoms with Gasteiger partial charge in [-0.3, -0.25) is 13.9 Å². The van der Waals surface area contributed by atoms with E-state index in [2.05, 4.69) is 4.98 Å². The number of rotatable bonds is 5. The fraction of sp³-hybridized carbons (Fsp3) is 0.722. The van der Waals surface area contributed by atoms with Crippen molar-refractivity contribution in [3.8, 4) is 0 Å². The summed E-state index contributed by atoms with van der Waals surface area (Å²) in [4.78, 5) is 33.5. The van der Waals surface area contributed by atoms with Gasteiger partial charge in [-0.05, 0) is 43.9 Å². The van der Waals surface area contributed by atoms with Gasteiger partial charge in [-0.25, -0.2) is 9.78 Å². The number of hydrogen-bond acceptors (Lipinski definition) is 3. The summed E-state index contributed by atoms with van der Waals surface area (Å²) < 4.78 is 3.04. The Morgan fingerprint density at radius 1 is 1.08 bits per heavy atom. The Morgan fingerprint density at radius 2 is 1.83 bits per heavy atom. The lowest BCUT2D eigenvalue weighted by atomic mass is 9.88. The highest BCUT2D eigenvalue weighted by Crippen LogP contribution is 2.52. The molecule has 2 bridgehead atoms. The highest BCUT2D eigenvalue weighted by atomic mass is 16.2. The molecule has 2 saturated carbocycles. The van der Waals surface area contributed by atoms with Crippen LogP contribution in [0.15, 0.2) is 9.59 Å². The fourth-order valence-corrected chi connectivity index (χ4v) is 4.79. The van der Waals surface area contributed by atoms with E-state index in [1.165, 1.54) is 30.3 Å². The van der Waals surface area contributed by atoms with Crippen molar-refractivity contribution in [2.45, 2.75) is 71.4 Å². The average molecular weight is 330 g/mol. The van der Waals surface area contributed by atoms with Crippen LogP contribution in [0.4, 0.5) is 0 Å². The lowest BCUT2D eigenvalue weighted by Gasteiger charge is -2.18. The van der Waals surface area contributed by atoms with Crippen LogP contribution in [0.1, 0.15) is 64.1 Å². The number of nitrogens with zero attached hydrogens (tertiary/aromatic N) is 3. The Balaban J connectivity index is 1.88. The second-order valence-electron chi connectivity index (χ2n) is 7.49. The number of aromatic nitrogens is 4. The third-order valence-electron chi connectivity index (χ3n) is 5.86. The molecule has 0 aliphatic heterocycles. The maximum Gasteiger partial charge on any atom is 0.332 e. The molecule has 3 atom stereocenters. The van der Waals surface area contributed by atoms with E-state index in [-0.39, 0.29) is 11.2 Å². The summed E-state index contributed by atoms with van der Waals surface area (Å²) in [5.74, 6) is 2.87. The van der Waals surface area contributed by atoms with Crippen LogP contribution in [0.2, 0.25) is 0 Å². The van der Waals surface area contributed by atoms with Crippen molar-refractivity contribution in [2.75, 3.05) is 0 Å². The van der Waals surface area contributed by atoms with Crippen LogP contribution in [0, 0.1) is 11.8 Å². The Labute approximate surface area is 140 Å². The van der Waals surface area contributed by atoms with Gasteiger partial charge in [-0.2, -0.15) is 0 Å². The van der Waals surface area contributed by atoms with Crippen LogP contribution in [0.5, 0.6) is 0 Å². The van der Waals surface area contributed by atoms with Crippen molar-refractivity contribution in [1.29, 1.82) is 0 Å². The molecule has 0 spiro atoms. The molecule has 0 aromatic carbocycles. The summed E-state index contributed by atoms with van der Waals surface area (Å²) >= 11 is 0. The quantitative estimate of drug-likeness (QED) is 0.916. The molecule has 6 heteroatoms. The van der Waals surface area contributed by atoms with E-state index < -0.39 is 0 Å². The van der Waals surface area contributed by atoms with E-state index in [4.69, 9.17) is 4.98 Å². The Hall–Kier alpha value is -1.85. The minimum atomic E-state index is -0.220. The molecular formula is C18H26N4O2. The van der Waals surface area contributed by atoms with Gasteiger partial charge in [0.15, 0.2) is 5.65 Å². The maximum atomic E-state index is 12.8. The first kappa shape index (κ1) is 15.7. The molecule has 130 valence electrons. The Kier molecular flexibility index (Phi) is 3.85. The first-order valence-corrected chi connectivity index (χ1v) is 9.37. The van der Waals surface area contributed by atoms with Crippen LogP contribution in [-0.4, -0.2) is 19.1 Å². The molecule has 0 amide bonds. The molecule has 0 radical (unpaired) electrons. The van der Waals surface area contributed by atoms with Crippen molar-refractivity contribution in [3.05, 3.63) is 26.7 Å². The van der Waals surface area contributed by atoms with Gasteiger partial charge in [0.1, 0.15) is 11.3 Å². The molecule has 2 aromatic heterocycles. The van der Waals surface area contributed by atoms with Crippen molar-refractivity contribution in [1.82, 2.24) is 19.1 Å². The molecular weight excluding hydrogens is 304 g/mol. The summed E-state index contributed by atoms with van der Waals surface area (Å²) in [5, 5.41) is 0. The van der Waals surface area contributed by atoms with Crippen LogP contribution >= 0.6 is 0 Å². The van der Waals surface area contributed by atoms with Gasteiger partial charge in [-0.15, -0.1) is 0 Å². The van der Waals surface area contributed by atoms with E-state index in [0.29, 0.717) is 36.1 Å². The molecule has 2 aliphatic carbocycles. The zero-order chi connectivity index (χ0) is 16.8.